The predicted molar refractivity (Wildman–Crippen MR) is 51.7 cm³/mol. The summed E-state index contributed by atoms with van der Waals surface area (Å²) in [6, 6.07) is 0. The second kappa shape index (κ2) is 4.18. The molecule has 0 bridgehead atoms. The Balaban J connectivity index is 4.25. The summed E-state index contributed by atoms with van der Waals surface area (Å²) >= 11 is 0. The number of aliphatic hydroxyl groups excluding tert-OH is 1. The molecule has 0 atom stereocenters. The number of carbonyl (C=O) groups excluding carboxylic acids is 1. The van der Waals surface area contributed by atoms with Crippen molar-refractivity contribution in [3.63, 3.8) is 0 Å². The van der Waals surface area contributed by atoms with Crippen LogP contribution in [0, 0.1) is 0 Å². The predicted octanol–water partition coefficient (Wildman–Crippen LogP) is 0.164. The highest BCUT2D eigenvalue weighted by molar-refractivity contribution is 6.50. The maximum absolute atomic E-state index is 11.3. The Morgan fingerprint density at radius 3 is 2.15 bits per heavy atom. The van der Waals surface area contributed by atoms with Crippen molar-refractivity contribution in [2.24, 2.45) is 0 Å². The van der Waals surface area contributed by atoms with E-state index in [0.717, 1.165) is 0 Å². The monoisotopic (exact) mass is 180 g/mol. The number of carbonyl (C=O) groups is 1. The van der Waals surface area contributed by atoms with Gasteiger partial charge < -0.3 is 9.84 Å². The van der Waals surface area contributed by atoms with Crippen LogP contribution in [0.3, 0.4) is 0 Å². The van der Waals surface area contributed by atoms with Crippen LogP contribution in [0.4, 0.5) is 0 Å². The van der Waals surface area contributed by atoms with Crippen LogP contribution in [0.1, 0.15) is 27.2 Å². The van der Waals surface area contributed by atoms with E-state index in [2.05, 4.69) is 0 Å². The van der Waals surface area contributed by atoms with Gasteiger partial charge in [-0.2, -0.15) is 0 Å². The molecule has 0 heterocycles. The van der Waals surface area contributed by atoms with E-state index in [4.69, 9.17) is 25.5 Å². The van der Waals surface area contributed by atoms with E-state index in [0.29, 0.717) is 0 Å². The number of rotatable bonds is 3. The second-order valence-electron chi connectivity index (χ2n) is 4.02. The van der Waals surface area contributed by atoms with Gasteiger partial charge in [0.05, 0.1) is 15.7 Å². The van der Waals surface area contributed by atoms with Crippen molar-refractivity contribution in [2.75, 3.05) is 6.61 Å². The Morgan fingerprint density at radius 1 is 1.38 bits per heavy atom. The molecule has 4 radical (unpaired) electrons. The third-order valence-corrected chi connectivity index (χ3v) is 1.30. The van der Waals surface area contributed by atoms with E-state index in [1.54, 1.807) is 20.8 Å². The lowest BCUT2D eigenvalue weighted by Gasteiger charge is -2.28. The lowest BCUT2D eigenvalue weighted by molar-refractivity contribution is -0.156. The van der Waals surface area contributed by atoms with Gasteiger partial charge in [0.25, 0.3) is 5.97 Å². The highest BCUT2D eigenvalue weighted by atomic mass is 16.6. The Hall–Kier alpha value is -0.440. The molecular weight excluding hydrogens is 166 g/mol. The molecule has 0 saturated heterocycles. The normalized spacial score (nSPS) is 12.6. The smallest absolute Gasteiger partial charge is 0.295 e. The fourth-order valence-corrected chi connectivity index (χ4v) is 0.660. The molecule has 0 unspecified atom stereocenters. The first-order chi connectivity index (χ1) is 5.69. The highest BCUT2D eigenvalue weighted by Crippen LogP contribution is 2.25. The third kappa shape index (κ3) is 4.98. The summed E-state index contributed by atoms with van der Waals surface area (Å²) in [6.07, 6.45) is -0.0120. The van der Waals surface area contributed by atoms with Crippen molar-refractivity contribution < 1.29 is 14.6 Å². The maximum Gasteiger partial charge on any atom is 0.295 e. The Bertz CT molecular complexity index is 184. The minimum absolute atomic E-state index is 0.0120. The van der Waals surface area contributed by atoms with Gasteiger partial charge in [-0.05, 0) is 32.4 Å². The van der Waals surface area contributed by atoms with Gasteiger partial charge in [-0.15, -0.1) is 0 Å². The summed E-state index contributed by atoms with van der Waals surface area (Å²) in [5, 5.41) is 6.99. The molecule has 1 N–H and O–H groups in total. The molecule has 0 aliphatic heterocycles. The molecule has 0 rings (SSSR count). The first kappa shape index (κ1) is 12.6. The summed E-state index contributed by atoms with van der Waals surface area (Å²) in [5.74, 6) is -0.700. The quantitative estimate of drug-likeness (QED) is 0.496. The number of ether oxygens (including phenoxy) is 1. The number of hydrogen-bond acceptors (Lipinski definition) is 3. The van der Waals surface area contributed by atoms with Gasteiger partial charge in [0.15, 0.2) is 0 Å². The van der Waals surface area contributed by atoms with Crippen LogP contribution in [0.25, 0.3) is 0 Å². The van der Waals surface area contributed by atoms with Crippen molar-refractivity contribution in [2.45, 2.75) is 38.0 Å². The molecule has 0 spiro atoms. The Kier molecular flexibility index (Phi) is 4.04. The van der Waals surface area contributed by atoms with Crippen LogP contribution in [0.5, 0.6) is 0 Å². The standard InChI is InChI=1S/C8H14B2O3/c1-7(2,3)13-6(12)8(9,10)4-5-11/h11H,4-5H2,1-3H3. The average Bonchev–Trinajstić information content (AvgIpc) is 1.82. The van der Waals surface area contributed by atoms with Gasteiger partial charge in [0.1, 0.15) is 5.60 Å². The van der Waals surface area contributed by atoms with Crippen LogP contribution in [-0.4, -0.2) is 39.0 Å². The molecule has 0 aliphatic carbocycles. The zero-order valence-corrected chi connectivity index (χ0v) is 8.33. The maximum atomic E-state index is 11.3. The SMILES string of the molecule is [B]C([B])(CCO)C(=O)OC(C)(C)C. The van der Waals surface area contributed by atoms with Gasteiger partial charge >= 0.3 is 0 Å². The average molecular weight is 180 g/mol. The fraction of sp³-hybridized carbons (Fsp3) is 0.875. The van der Waals surface area contributed by atoms with Crippen molar-refractivity contribution in [3.8, 4) is 0 Å². The fourth-order valence-electron chi connectivity index (χ4n) is 0.660. The van der Waals surface area contributed by atoms with Gasteiger partial charge in [-0.1, -0.05) is 0 Å². The van der Waals surface area contributed by atoms with Gasteiger partial charge in [-0.3, -0.25) is 4.79 Å². The van der Waals surface area contributed by atoms with Crippen LogP contribution in [-0.2, 0) is 9.53 Å². The van der Waals surface area contributed by atoms with Crippen LogP contribution in [0.15, 0.2) is 0 Å². The van der Waals surface area contributed by atoms with Crippen LogP contribution < -0.4 is 0 Å². The van der Waals surface area contributed by atoms with Gasteiger partial charge in [-0.25, -0.2) is 0 Å². The summed E-state index contributed by atoms with van der Waals surface area (Å²) in [5.41, 5.74) is -0.615. The summed E-state index contributed by atoms with van der Waals surface area (Å²) in [6.45, 7) is 4.92. The summed E-state index contributed by atoms with van der Waals surface area (Å²) in [7, 11) is 10.8. The Morgan fingerprint density at radius 2 is 1.85 bits per heavy atom. The highest BCUT2D eigenvalue weighted by Gasteiger charge is 2.30. The molecule has 0 aromatic rings. The third-order valence-electron chi connectivity index (χ3n) is 1.30. The van der Waals surface area contributed by atoms with Gasteiger partial charge in [0.2, 0.25) is 0 Å². The van der Waals surface area contributed by atoms with Crippen molar-refractivity contribution in [1.29, 1.82) is 0 Å². The number of aliphatic hydroxyl groups is 1. The first-order valence-electron chi connectivity index (χ1n) is 4.11. The molecular formula is C8H14B2O3. The largest absolute Gasteiger partial charge is 0.461 e. The van der Waals surface area contributed by atoms with Gasteiger partial charge in [0, 0.05) is 6.61 Å². The van der Waals surface area contributed by atoms with Crippen molar-refractivity contribution in [1.82, 2.24) is 0 Å². The zero-order valence-electron chi connectivity index (χ0n) is 8.33. The molecule has 0 aromatic carbocycles. The molecule has 0 amide bonds. The van der Waals surface area contributed by atoms with E-state index < -0.39 is 16.8 Å². The van der Waals surface area contributed by atoms with Crippen LogP contribution in [0.2, 0.25) is 5.21 Å². The van der Waals surface area contributed by atoms with E-state index in [-0.39, 0.29) is 13.0 Å². The molecule has 5 heteroatoms. The second-order valence-corrected chi connectivity index (χ2v) is 4.02. The lowest BCUT2D eigenvalue weighted by atomic mass is 9.53. The Labute approximate surface area is 81.7 Å². The lowest BCUT2D eigenvalue weighted by Crippen LogP contribution is -2.34. The number of hydrogen-bond donors (Lipinski definition) is 1. The van der Waals surface area contributed by atoms with Crippen molar-refractivity contribution in [3.05, 3.63) is 0 Å². The number of esters is 1. The molecule has 70 valence electrons. The molecule has 13 heavy (non-hydrogen) atoms. The zero-order chi connectivity index (χ0) is 10.7. The molecule has 0 aromatic heterocycles. The molecule has 0 fully saturated rings. The first-order valence-corrected chi connectivity index (χ1v) is 4.11. The summed E-state index contributed by atoms with van der Waals surface area (Å²) < 4.78 is 4.96. The van der Waals surface area contributed by atoms with E-state index in [1.807, 2.05) is 0 Å². The minimum atomic E-state index is -1.60. The van der Waals surface area contributed by atoms with Crippen molar-refractivity contribution >= 4 is 21.7 Å². The molecule has 0 saturated carbocycles. The van der Waals surface area contributed by atoms with E-state index >= 15 is 0 Å². The molecule has 3 nitrogen and oxygen atoms in total. The summed E-state index contributed by atoms with van der Waals surface area (Å²) in [4.78, 5) is 11.3. The van der Waals surface area contributed by atoms with Crippen LogP contribution >= 0.6 is 0 Å². The topological polar surface area (TPSA) is 46.5 Å². The minimum Gasteiger partial charge on any atom is -0.461 e. The van der Waals surface area contributed by atoms with E-state index in [1.165, 1.54) is 0 Å². The molecule has 0 aliphatic rings. The van der Waals surface area contributed by atoms with E-state index in [9.17, 15) is 4.79 Å².